The summed E-state index contributed by atoms with van der Waals surface area (Å²) in [4.78, 5) is 14.0. The Labute approximate surface area is 118 Å². The highest BCUT2D eigenvalue weighted by Crippen LogP contribution is 2.23. The molecule has 1 amide bonds. The van der Waals surface area contributed by atoms with E-state index in [0.717, 1.165) is 5.56 Å². The zero-order valence-corrected chi connectivity index (χ0v) is 11.6. The number of ether oxygens (including phenoxy) is 1. The van der Waals surface area contributed by atoms with Gasteiger partial charge in [0, 0.05) is 30.9 Å². The Bertz CT molecular complexity index is 479. The highest BCUT2D eigenvalue weighted by atomic mass is 16.5. The first-order valence-corrected chi connectivity index (χ1v) is 6.78. The summed E-state index contributed by atoms with van der Waals surface area (Å²) in [6.07, 6.45) is 0. The average molecular weight is 279 g/mol. The first-order chi connectivity index (χ1) is 9.61. The second-order valence-corrected chi connectivity index (χ2v) is 4.84. The molecule has 0 aromatic heterocycles. The van der Waals surface area contributed by atoms with Gasteiger partial charge in [-0.2, -0.15) is 0 Å². The maximum atomic E-state index is 12.0. The molecule has 6 nitrogen and oxygen atoms in total. The van der Waals surface area contributed by atoms with Gasteiger partial charge < -0.3 is 20.9 Å². The average Bonchev–Trinajstić information content (AvgIpc) is 2.44. The topological polar surface area (TPSA) is 87.8 Å². The zero-order valence-electron chi connectivity index (χ0n) is 11.6. The zero-order chi connectivity index (χ0) is 14.5. The number of carbonyl (C=O) groups is 1. The monoisotopic (exact) mass is 279 g/mol. The number of carbonyl (C=O) groups excluding carboxylic acids is 1. The molecule has 1 aliphatic heterocycles. The second kappa shape index (κ2) is 6.58. The summed E-state index contributed by atoms with van der Waals surface area (Å²) in [5, 5.41) is 12.7. The van der Waals surface area contributed by atoms with Crippen LogP contribution in [0.15, 0.2) is 18.2 Å². The lowest BCUT2D eigenvalue weighted by molar-refractivity contribution is -0.132. The van der Waals surface area contributed by atoms with E-state index in [1.165, 1.54) is 0 Å². The first kappa shape index (κ1) is 14.6. The van der Waals surface area contributed by atoms with Gasteiger partial charge in [-0.25, -0.2) is 0 Å². The van der Waals surface area contributed by atoms with E-state index in [1.807, 2.05) is 11.8 Å². The van der Waals surface area contributed by atoms with E-state index >= 15 is 0 Å². The van der Waals surface area contributed by atoms with E-state index in [2.05, 4.69) is 5.32 Å². The quantitative estimate of drug-likeness (QED) is 0.545. The predicted molar refractivity (Wildman–Crippen MR) is 76.2 cm³/mol. The van der Waals surface area contributed by atoms with Crippen molar-refractivity contribution in [3.05, 3.63) is 23.8 Å². The highest BCUT2D eigenvalue weighted by molar-refractivity contribution is 5.82. The fourth-order valence-corrected chi connectivity index (χ4v) is 2.31. The SMILES string of the molecule is CCNC(=O)C1COCCN1Cc1cc(N)ccc1O. The second-order valence-electron chi connectivity index (χ2n) is 4.84. The third-order valence-electron chi connectivity index (χ3n) is 3.37. The predicted octanol–water partition coefficient (Wildman–Crippen LogP) is 0.311. The van der Waals surface area contributed by atoms with E-state index in [9.17, 15) is 9.90 Å². The molecule has 1 heterocycles. The molecule has 6 heteroatoms. The molecule has 1 fully saturated rings. The molecule has 0 saturated carbocycles. The number of nitrogens with one attached hydrogen (secondary N) is 1. The molecular weight excluding hydrogens is 258 g/mol. The maximum absolute atomic E-state index is 12.0. The standard InChI is InChI=1S/C14H21N3O3/c1-2-16-14(19)12-9-20-6-5-17(12)8-10-7-11(15)3-4-13(10)18/h3-4,7,12,18H,2,5-6,8-9,15H2,1H3,(H,16,19). The van der Waals surface area contributed by atoms with Gasteiger partial charge in [-0.15, -0.1) is 0 Å². The van der Waals surface area contributed by atoms with E-state index in [-0.39, 0.29) is 17.7 Å². The molecule has 1 saturated heterocycles. The summed E-state index contributed by atoms with van der Waals surface area (Å²) >= 11 is 0. The summed E-state index contributed by atoms with van der Waals surface area (Å²) < 4.78 is 5.38. The van der Waals surface area contributed by atoms with E-state index in [1.54, 1.807) is 18.2 Å². The lowest BCUT2D eigenvalue weighted by atomic mass is 10.1. The van der Waals surface area contributed by atoms with Crippen LogP contribution < -0.4 is 11.1 Å². The number of anilines is 1. The van der Waals surface area contributed by atoms with Crippen LogP contribution in [0.1, 0.15) is 12.5 Å². The summed E-state index contributed by atoms with van der Waals surface area (Å²) in [6.45, 7) is 4.55. The Morgan fingerprint density at radius 2 is 2.40 bits per heavy atom. The smallest absolute Gasteiger partial charge is 0.239 e. The van der Waals surface area contributed by atoms with Crippen molar-refractivity contribution in [2.75, 3.05) is 32.0 Å². The molecule has 4 N–H and O–H groups in total. The Morgan fingerprint density at radius 3 is 3.15 bits per heavy atom. The van der Waals surface area contributed by atoms with Gasteiger partial charge in [0.05, 0.1) is 13.2 Å². The Hall–Kier alpha value is -1.79. The number of rotatable bonds is 4. The minimum Gasteiger partial charge on any atom is -0.508 e. The molecule has 20 heavy (non-hydrogen) atoms. The molecule has 1 atom stereocenters. The third kappa shape index (κ3) is 3.40. The van der Waals surface area contributed by atoms with Crippen molar-refractivity contribution >= 4 is 11.6 Å². The molecule has 1 aromatic carbocycles. The van der Waals surface area contributed by atoms with Crippen LogP contribution in [0.3, 0.4) is 0 Å². The highest BCUT2D eigenvalue weighted by Gasteiger charge is 2.29. The van der Waals surface area contributed by atoms with Crippen LogP contribution in [0.25, 0.3) is 0 Å². The summed E-state index contributed by atoms with van der Waals surface area (Å²) in [6, 6.07) is 4.63. The van der Waals surface area contributed by atoms with Crippen LogP contribution in [0.5, 0.6) is 5.75 Å². The molecule has 110 valence electrons. The summed E-state index contributed by atoms with van der Waals surface area (Å²) in [5.74, 6) is 0.149. The number of benzene rings is 1. The third-order valence-corrected chi connectivity index (χ3v) is 3.37. The van der Waals surface area contributed by atoms with Crippen molar-refractivity contribution in [3.8, 4) is 5.75 Å². The van der Waals surface area contributed by atoms with Crippen molar-refractivity contribution in [1.82, 2.24) is 10.2 Å². The maximum Gasteiger partial charge on any atom is 0.239 e. The van der Waals surface area contributed by atoms with E-state index in [0.29, 0.717) is 38.5 Å². The van der Waals surface area contributed by atoms with Gasteiger partial charge in [0.25, 0.3) is 0 Å². The van der Waals surface area contributed by atoms with Gasteiger partial charge in [-0.05, 0) is 25.1 Å². The molecule has 2 rings (SSSR count). The van der Waals surface area contributed by atoms with E-state index in [4.69, 9.17) is 10.5 Å². The van der Waals surface area contributed by atoms with Gasteiger partial charge in [0.2, 0.25) is 5.91 Å². The van der Waals surface area contributed by atoms with Gasteiger partial charge in [-0.1, -0.05) is 0 Å². The van der Waals surface area contributed by atoms with Gasteiger partial charge in [0.15, 0.2) is 0 Å². The molecule has 1 unspecified atom stereocenters. The minimum absolute atomic E-state index is 0.0457. The van der Waals surface area contributed by atoms with Crippen molar-refractivity contribution in [2.45, 2.75) is 19.5 Å². The molecular formula is C14H21N3O3. The van der Waals surface area contributed by atoms with Gasteiger partial charge >= 0.3 is 0 Å². The van der Waals surface area contributed by atoms with Crippen LogP contribution >= 0.6 is 0 Å². The number of morpholine rings is 1. The number of nitrogens with zero attached hydrogens (tertiary/aromatic N) is 1. The molecule has 0 spiro atoms. The van der Waals surface area contributed by atoms with Crippen LogP contribution in [-0.2, 0) is 16.1 Å². The number of phenolic OH excluding ortho intramolecular Hbond substituents is 1. The number of nitrogens with two attached hydrogens (primary N) is 1. The van der Waals surface area contributed by atoms with Crippen LogP contribution in [-0.4, -0.2) is 48.3 Å². The van der Waals surface area contributed by atoms with Crippen LogP contribution in [0.4, 0.5) is 5.69 Å². The molecule has 0 aliphatic carbocycles. The lowest BCUT2D eigenvalue weighted by Crippen LogP contribution is -2.53. The minimum atomic E-state index is -0.329. The largest absolute Gasteiger partial charge is 0.508 e. The van der Waals surface area contributed by atoms with E-state index < -0.39 is 0 Å². The normalized spacial score (nSPS) is 19.8. The van der Waals surface area contributed by atoms with Crippen molar-refractivity contribution in [1.29, 1.82) is 0 Å². The van der Waals surface area contributed by atoms with Crippen molar-refractivity contribution < 1.29 is 14.6 Å². The number of aromatic hydroxyl groups is 1. The molecule has 0 bridgehead atoms. The number of likely N-dealkylation sites (N-methyl/N-ethyl adjacent to an activating group) is 1. The summed E-state index contributed by atoms with van der Waals surface area (Å²) in [7, 11) is 0. The number of hydrogen-bond donors (Lipinski definition) is 3. The number of nitrogen functional groups attached to an aromatic ring is 1. The number of phenols is 1. The Balaban J connectivity index is 2.12. The summed E-state index contributed by atoms with van der Waals surface area (Å²) in [5.41, 5.74) is 7.06. The fourth-order valence-electron chi connectivity index (χ4n) is 2.31. The molecule has 1 aromatic rings. The van der Waals surface area contributed by atoms with Crippen molar-refractivity contribution in [3.63, 3.8) is 0 Å². The van der Waals surface area contributed by atoms with Gasteiger partial charge in [-0.3, -0.25) is 9.69 Å². The lowest BCUT2D eigenvalue weighted by Gasteiger charge is -2.34. The first-order valence-electron chi connectivity index (χ1n) is 6.78. The Kier molecular flexibility index (Phi) is 4.81. The van der Waals surface area contributed by atoms with Crippen LogP contribution in [0.2, 0.25) is 0 Å². The number of amides is 1. The van der Waals surface area contributed by atoms with Gasteiger partial charge in [0.1, 0.15) is 11.8 Å². The Morgan fingerprint density at radius 1 is 1.60 bits per heavy atom. The number of hydrogen-bond acceptors (Lipinski definition) is 5. The van der Waals surface area contributed by atoms with Crippen molar-refractivity contribution in [2.24, 2.45) is 0 Å². The molecule has 1 aliphatic rings. The molecule has 0 radical (unpaired) electrons. The fraction of sp³-hybridized carbons (Fsp3) is 0.500. The van der Waals surface area contributed by atoms with Crippen LogP contribution in [0, 0.1) is 0 Å².